The molecule has 0 spiro atoms. The Morgan fingerprint density at radius 2 is 0.926 bits per heavy atom. The normalized spacial score (nSPS) is 11.7. The van der Waals surface area contributed by atoms with E-state index in [0.29, 0.717) is 17.5 Å². The van der Waals surface area contributed by atoms with E-state index in [-0.39, 0.29) is 0 Å². The fraction of sp³-hybridized carbons (Fsp3) is 0. The van der Waals surface area contributed by atoms with E-state index in [0.717, 1.165) is 49.6 Å². The lowest BCUT2D eigenvalue weighted by atomic mass is 9.97. The minimum absolute atomic E-state index is 0.596. The molecule has 0 bridgehead atoms. The molecule has 3 heterocycles. The first kappa shape index (κ1) is 30.7. The number of thiophene rings is 1. The highest BCUT2D eigenvalue weighted by molar-refractivity contribution is 7.26. The smallest absolute Gasteiger partial charge is 0.164 e. The molecule has 5 heteroatoms. The molecule has 0 N–H and O–H groups in total. The van der Waals surface area contributed by atoms with Gasteiger partial charge in [-0.3, -0.25) is 0 Å². The summed E-state index contributed by atoms with van der Waals surface area (Å²) in [5.41, 5.74) is 9.25. The SMILES string of the molecule is c1ccc(-c2nc(-c3ccc(-c4cccc5sc6c(-c7ccccc7)cccc6c45)cc3)nc(-c3ccc4c(c3)oc3cc5ccccc5cc34)n2)cc1. The van der Waals surface area contributed by atoms with Crippen LogP contribution in [0.1, 0.15) is 0 Å². The summed E-state index contributed by atoms with van der Waals surface area (Å²) in [7, 11) is 0. The predicted molar refractivity (Wildman–Crippen MR) is 225 cm³/mol. The van der Waals surface area contributed by atoms with Gasteiger partial charge in [0.1, 0.15) is 11.2 Å². The number of aromatic nitrogens is 3. The zero-order valence-electron chi connectivity index (χ0n) is 28.9. The highest BCUT2D eigenvalue weighted by Gasteiger charge is 2.17. The molecule has 0 aliphatic heterocycles. The first-order valence-corrected chi connectivity index (χ1v) is 18.8. The van der Waals surface area contributed by atoms with Crippen LogP contribution >= 0.6 is 11.3 Å². The molecule has 0 saturated heterocycles. The van der Waals surface area contributed by atoms with Gasteiger partial charge in [0.25, 0.3) is 0 Å². The van der Waals surface area contributed by atoms with Crippen LogP contribution in [-0.2, 0) is 0 Å². The summed E-state index contributed by atoms with van der Waals surface area (Å²) in [6, 6.07) is 61.6. The van der Waals surface area contributed by atoms with Gasteiger partial charge in [-0.2, -0.15) is 0 Å². The quantitative estimate of drug-likeness (QED) is 0.179. The van der Waals surface area contributed by atoms with Crippen LogP contribution in [0.4, 0.5) is 0 Å². The molecule has 0 fully saturated rings. The zero-order chi connectivity index (χ0) is 35.6. The second-order valence-electron chi connectivity index (χ2n) is 13.6. The van der Waals surface area contributed by atoms with Gasteiger partial charge in [-0.05, 0) is 63.4 Å². The second-order valence-corrected chi connectivity index (χ2v) is 14.6. The molecule has 0 radical (unpaired) electrons. The van der Waals surface area contributed by atoms with Crippen LogP contribution in [0.3, 0.4) is 0 Å². The van der Waals surface area contributed by atoms with Crippen molar-refractivity contribution in [2.24, 2.45) is 0 Å². The van der Waals surface area contributed by atoms with E-state index in [1.807, 2.05) is 47.7 Å². The monoisotopic (exact) mass is 707 g/mol. The zero-order valence-corrected chi connectivity index (χ0v) is 29.7. The molecule has 4 nitrogen and oxygen atoms in total. The molecule has 0 atom stereocenters. The van der Waals surface area contributed by atoms with Crippen LogP contribution in [0, 0.1) is 0 Å². The summed E-state index contributed by atoms with van der Waals surface area (Å²) in [5.74, 6) is 1.84. The van der Waals surface area contributed by atoms with Gasteiger partial charge in [0.15, 0.2) is 17.5 Å². The molecular formula is C49H29N3OS. The fourth-order valence-corrected chi connectivity index (χ4v) is 8.95. The lowest BCUT2D eigenvalue weighted by Crippen LogP contribution is -2.00. The Morgan fingerprint density at radius 1 is 0.370 bits per heavy atom. The van der Waals surface area contributed by atoms with Crippen LogP contribution in [0.2, 0.25) is 0 Å². The molecule has 8 aromatic carbocycles. The molecular weight excluding hydrogens is 679 g/mol. The fourth-order valence-electron chi connectivity index (χ4n) is 7.68. The van der Waals surface area contributed by atoms with Crippen molar-refractivity contribution in [1.29, 1.82) is 0 Å². The van der Waals surface area contributed by atoms with Gasteiger partial charge >= 0.3 is 0 Å². The Bertz CT molecular complexity index is 3200. The number of benzene rings is 8. The molecule has 3 aromatic heterocycles. The van der Waals surface area contributed by atoms with Crippen molar-refractivity contribution in [1.82, 2.24) is 15.0 Å². The summed E-state index contributed by atoms with van der Waals surface area (Å²) in [6.07, 6.45) is 0. The summed E-state index contributed by atoms with van der Waals surface area (Å²) < 4.78 is 9.00. The largest absolute Gasteiger partial charge is 0.456 e. The molecule has 0 amide bonds. The number of nitrogens with zero attached hydrogens (tertiary/aromatic N) is 3. The van der Waals surface area contributed by atoms with Crippen molar-refractivity contribution in [3.8, 4) is 56.4 Å². The van der Waals surface area contributed by atoms with E-state index in [1.54, 1.807) is 0 Å². The second kappa shape index (κ2) is 12.3. The molecule has 0 aliphatic rings. The maximum atomic E-state index is 6.42. The van der Waals surface area contributed by atoms with Crippen molar-refractivity contribution < 1.29 is 4.42 Å². The number of fused-ring (bicyclic) bond motifs is 7. The predicted octanol–water partition coefficient (Wildman–Crippen LogP) is 13.6. The van der Waals surface area contributed by atoms with Crippen LogP contribution in [-0.4, -0.2) is 15.0 Å². The van der Waals surface area contributed by atoms with Gasteiger partial charge in [-0.25, -0.2) is 15.0 Å². The van der Waals surface area contributed by atoms with Crippen LogP contribution < -0.4 is 0 Å². The third-order valence-corrected chi connectivity index (χ3v) is 11.5. The van der Waals surface area contributed by atoms with Gasteiger partial charge in [0.2, 0.25) is 0 Å². The van der Waals surface area contributed by atoms with Gasteiger partial charge in [-0.1, -0.05) is 146 Å². The number of hydrogen-bond acceptors (Lipinski definition) is 5. The Balaban J connectivity index is 1.01. The third-order valence-electron chi connectivity index (χ3n) is 10.3. The Hall–Kier alpha value is -6.95. The Labute approximate surface area is 314 Å². The van der Waals surface area contributed by atoms with Gasteiger partial charge in [-0.15, -0.1) is 11.3 Å². The topological polar surface area (TPSA) is 51.8 Å². The first-order valence-electron chi connectivity index (χ1n) is 18.0. The van der Waals surface area contributed by atoms with E-state index in [2.05, 4.69) is 140 Å². The number of hydrogen-bond donors (Lipinski definition) is 0. The third kappa shape index (κ3) is 5.09. The van der Waals surface area contributed by atoms with Gasteiger partial charge < -0.3 is 4.42 Å². The number of furan rings is 1. The van der Waals surface area contributed by atoms with Gasteiger partial charge in [0.05, 0.1) is 0 Å². The lowest BCUT2D eigenvalue weighted by molar-refractivity contribution is 0.669. The molecule has 0 saturated carbocycles. The lowest BCUT2D eigenvalue weighted by Gasteiger charge is -2.10. The maximum absolute atomic E-state index is 6.42. The van der Waals surface area contributed by atoms with E-state index in [1.165, 1.54) is 42.2 Å². The average molecular weight is 708 g/mol. The summed E-state index contributed by atoms with van der Waals surface area (Å²) in [5, 5.41) is 7.07. The van der Waals surface area contributed by atoms with E-state index < -0.39 is 0 Å². The highest BCUT2D eigenvalue weighted by atomic mass is 32.1. The van der Waals surface area contributed by atoms with E-state index in [9.17, 15) is 0 Å². The van der Waals surface area contributed by atoms with Crippen molar-refractivity contribution in [2.45, 2.75) is 0 Å². The average Bonchev–Trinajstić information content (AvgIpc) is 3.81. The molecule has 11 aromatic rings. The molecule has 252 valence electrons. The minimum Gasteiger partial charge on any atom is -0.456 e. The minimum atomic E-state index is 0.596. The molecule has 11 rings (SSSR count). The summed E-state index contributed by atoms with van der Waals surface area (Å²) in [6.45, 7) is 0. The van der Waals surface area contributed by atoms with Crippen molar-refractivity contribution in [2.75, 3.05) is 0 Å². The van der Waals surface area contributed by atoms with E-state index in [4.69, 9.17) is 19.4 Å². The van der Waals surface area contributed by atoms with Gasteiger partial charge in [0, 0.05) is 47.6 Å². The van der Waals surface area contributed by atoms with Crippen molar-refractivity contribution in [3.05, 3.63) is 176 Å². The highest BCUT2D eigenvalue weighted by Crippen LogP contribution is 2.44. The maximum Gasteiger partial charge on any atom is 0.164 e. The van der Waals surface area contributed by atoms with Crippen LogP contribution in [0.15, 0.2) is 180 Å². The molecule has 0 aliphatic carbocycles. The molecule has 0 unspecified atom stereocenters. The summed E-state index contributed by atoms with van der Waals surface area (Å²) >= 11 is 1.86. The first-order chi connectivity index (χ1) is 26.7. The Morgan fingerprint density at radius 3 is 1.69 bits per heavy atom. The molecule has 54 heavy (non-hydrogen) atoms. The van der Waals surface area contributed by atoms with Crippen molar-refractivity contribution >= 4 is 64.2 Å². The summed E-state index contributed by atoms with van der Waals surface area (Å²) in [4.78, 5) is 15.1. The van der Waals surface area contributed by atoms with E-state index >= 15 is 0 Å². The van der Waals surface area contributed by atoms with Crippen molar-refractivity contribution in [3.63, 3.8) is 0 Å². The number of rotatable bonds is 5. The van der Waals surface area contributed by atoms with Crippen LogP contribution in [0.5, 0.6) is 0 Å². The Kier molecular flexibility index (Phi) is 7.00. The van der Waals surface area contributed by atoms with Crippen LogP contribution in [0.25, 0.3) is 109 Å². The standard InChI is InChI=1S/C49H29N3OS/c1-3-11-30(12-4-1)38-18-9-19-40-45-37(17-10-20-44(45)54-46(38)40)31-21-23-33(24-22-31)48-50-47(32-13-5-2-6-14-32)51-49(52-48)36-25-26-39-41-27-34-15-7-8-16-35(34)28-43(41)53-42(39)29-36/h1-29H.